The molecule has 0 amide bonds. The molecule has 0 aromatic heterocycles. The highest BCUT2D eigenvalue weighted by molar-refractivity contribution is 9.10. The summed E-state index contributed by atoms with van der Waals surface area (Å²) in [6, 6.07) is 9.66. The Kier molecular flexibility index (Phi) is 4.60. The highest BCUT2D eigenvalue weighted by Crippen LogP contribution is 2.26. The topological polar surface area (TPSA) is 29.3 Å². The van der Waals surface area contributed by atoms with Gasteiger partial charge in [0.25, 0.3) is 0 Å². The summed E-state index contributed by atoms with van der Waals surface area (Å²) < 4.78 is 1.20. The lowest BCUT2D eigenvalue weighted by Gasteiger charge is -2.40. The predicted octanol–water partition coefficient (Wildman–Crippen LogP) is 3.15. The van der Waals surface area contributed by atoms with Crippen LogP contribution in [0.25, 0.3) is 0 Å². The third kappa shape index (κ3) is 3.09. The van der Waals surface area contributed by atoms with Crippen LogP contribution in [0.1, 0.15) is 31.7 Å². The van der Waals surface area contributed by atoms with Crippen molar-refractivity contribution in [2.45, 2.75) is 44.8 Å². The van der Waals surface area contributed by atoms with Crippen LogP contribution in [0.15, 0.2) is 28.7 Å². The van der Waals surface area contributed by atoms with Gasteiger partial charge in [0, 0.05) is 29.6 Å². The maximum absolute atomic E-state index is 5.89. The monoisotopic (exact) mass is 296 g/mol. The number of piperidine rings is 1. The summed E-state index contributed by atoms with van der Waals surface area (Å²) in [4.78, 5) is 2.56. The quantitative estimate of drug-likeness (QED) is 0.928. The highest BCUT2D eigenvalue weighted by Gasteiger charge is 2.26. The van der Waals surface area contributed by atoms with Gasteiger partial charge in [-0.3, -0.25) is 4.90 Å². The maximum Gasteiger partial charge on any atom is 0.0251 e. The molecular formula is C14H21BrN2. The average Bonchev–Trinajstić information content (AvgIpc) is 2.34. The van der Waals surface area contributed by atoms with Gasteiger partial charge < -0.3 is 5.73 Å². The average molecular weight is 297 g/mol. The molecule has 1 saturated heterocycles. The van der Waals surface area contributed by atoms with Crippen molar-refractivity contribution in [3.8, 4) is 0 Å². The third-order valence-electron chi connectivity index (χ3n) is 3.78. The Morgan fingerprint density at radius 3 is 2.82 bits per heavy atom. The molecule has 1 fully saturated rings. The smallest absolute Gasteiger partial charge is 0.0251 e. The first-order valence-electron chi connectivity index (χ1n) is 6.41. The van der Waals surface area contributed by atoms with Crippen LogP contribution >= 0.6 is 15.9 Å². The number of rotatable bonds is 3. The standard InChI is InChI=1S/C14H21BrN2/c1-11-5-4-7-13(9-16)17(11)10-12-6-2-3-8-14(12)15/h2-3,6,8,11,13H,4-5,7,9-10,16H2,1H3. The first kappa shape index (κ1) is 13.1. The van der Waals surface area contributed by atoms with Gasteiger partial charge in [0.05, 0.1) is 0 Å². The van der Waals surface area contributed by atoms with Gasteiger partial charge in [-0.15, -0.1) is 0 Å². The molecule has 0 bridgehead atoms. The van der Waals surface area contributed by atoms with E-state index in [9.17, 15) is 0 Å². The molecule has 2 unspecified atom stereocenters. The molecule has 0 aliphatic carbocycles. The molecule has 2 nitrogen and oxygen atoms in total. The fourth-order valence-corrected chi connectivity index (χ4v) is 3.11. The van der Waals surface area contributed by atoms with E-state index >= 15 is 0 Å². The molecule has 17 heavy (non-hydrogen) atoms. The zero-order valence-corrected chi connectivity index (χ0v) is 12.0. The first-order chi connectivity index (χ1) is 8.22. The molecule has 0 spiro atoms. The second-order valence-electron chi connectivity index (χ2n) is 4.93. The van der Waals surface area contributed by atoms with Gasteiger partial charge >= 0.3 is 0 Å². The van der Waals surface area contributed by atoms with Crippen LogP contribution < -0.4 is 5.73 Å². The summed E-state index contributed by atoms with van der Waals surface area (Å²) in [5.74, 6) is 0. The number of hydrogen-bond donors (Lipinski definition) is 1. The van der Waals surface area contributed by atoms with Gasteiger partial charge in [0.1, 0.15) is 0 Å². The fourth-order valence-electron chi connectivity index (χ4n) is 2.70. The van der Waals surface area contributed by atoms with Crippen LogP contribution in [0.3, 0.4) is 0 Å². The molecule has 94 valence electrons. The van der Waals surface area contributed by atoms with E-state index in [0.717, 1.165) is 13.1 Å². The van der Waals surface area contributed by atoms with Crippen molar-refractivity contribution in [2.75, 3.05) is 6.54 Å². The van der Waals surface area contributed by atoms with Crippen molar-refractivity contribution in [3.05, 3.63) is 34.3 Å². The maximum atomic E-state index is 5.89. The van der Waals surface area contributed by atoms with Crippen LogP contribution in [-0.2, 0) is 6.54 Å². The second kappa shape index (κ2) is 5.98. The summed E-state index contributed by atoms with van der Waals surface area (Å²) in [5, 5.41) is 0. The fraction of sp³-hybridized carbons (Fsp3) is 0.571. The number of likely N-dealkylation sites (tertiary alicyclic amines) is 1. The molecule has 1 heterocycles. The third-order valence-corrected chi connectivity index (χ3v) is 4.55. The highest BCUT2D eigenvalue weighted by atomic mass is 79.9. The zero-order chi connectivity index (χ0) is 12.3. The van der Waals surface area contributed by atoms with Crippen LogP contribution in [0.5, 0.6) is 0 Å². The van der Waals surface area contributed by atoms with Gasteiger partial charge in [-0.1, -0.05) is 40.5 Å². The second-order valence-corrected chi connectivity index (χ2v) is 5.79. The Hall–Kier alpha value is -0.380. The molecule has 3 heteroatoms. The van der Waals surface area contributed by atoms with Crippen molar-refractivity contribution >= 4 is 15.9 Å². The van der Waals surface area contributed by atoms with Gasteiger partial charge in [0.15, 0.2) is 0 Å². The number of nitrogens with zero attached hydrogens (tertiary/aromatic N) is 1. The summed E-state index contributed by atoms with van der Waals surface area (Å²) in [6.45, 7) is 4.10. The molecule has 0 saturated carbocycles. The minimum Gasteiger partial charge on any atom is -0.329 e. The lowest BCUT2D eigenvalue weighted by atomic mass is 9.95. The number of hydrogen-bond acceptors (Lipinski definition) is 2. The molecular weight excluding hydrogens is 276 g/mol. The molecule has 2 rings (SSSR count). The minimum absolute atomic E-state index is 0.547. The van der Waals surface area contributed by atoms with E-state index in [-0.39, 0.29) is 0 Å². The predicted molar refractivity (Wildman–Crippen MR) is 75.8 cm³/mol. The van der Waals surface area contributed by atoms with Gasteiger partial charge in [-0.2, -0.15) is 0 Å². The van der Waals surface area contributed by atoms with Crippen molar-refractivity contribution < 1.29 is 0 Å². The number of benzene rings is 1. The molecule has 2 N–H and O–H groups in total. The Morgan fingerprint density at radius 2 is 2.12 bits per heavy atom. The summed E-state index contributed by atoms with van der Waals surface area (Å²) in [7, 11) is 0. The van der Waals surface area contributed by atoms with Crippen LogP contribution in [-0.4, -0.2) is 23.5 Å². The van der Waals surface area contributed by atoms with Gasteiger partial charge in [-0.25, -0.2) is 0 Å². The lowest BCUT2D eigenvalue weighted by Crippen LogP contribution is -2.48. The van der Waals surface area contributed by atoms with Crippen molar-refractivity contribution in [2.24, 2.45) is 5.73 Å². The van der Waals surface area contributed by atoms with E-state index < -0.39 is 0 Å². The van der Waals surface area contributed by atoms with Crippen LogP contribution in [0, 0.1) is 0 Å². The van der Waals surface area contributed by atoms with Crippen LogP contribution in [0.2, 0.25) is 0 Å². The number of halogens is 1. The van der Waals surface area contributed by atoms with E-state index in [4.69, 9.17) is 5.73 Å². The summed E-state index contributed by atoms with van der Waals surface area (Å²) >= 11 is 3.63. The summed E-state index contributed by atoms with van der Waals surface area (Å²) in [5.41, 5.74) is 7.26. The Bertz CT molecular complexity index is 367. The zero-order valence-electron chi connectivity index (χ0n) is 10.4. The SMILES string of the molecule is CC1CCCC(CN)N1Cc1ccccc1Br. The largest absolute Gasteiger partial charge is 0.329 e. The van der Waals surface area contributed by atoms with E-state index in [0.29, 0.717) is 12.1 Å². The number of nitrogens with two attached hydrogens (primary N) is 1. The summed E-state index contributed by atoms with van der Waals surface area (Å²) in [6.07, 6.45) is 3.85. The lowest BCUT2D eigenvalue weighted by molar-refractivity contribution is 0.0890. The van der Waals surface area contributed by atoms with Crippen molar-refractivity contribution in [1.82, 2.24) is 4.90 Å². The van der Waals surface area contributed by atoms with Crippen molar-refractivity contribution in [1.29, 1.82) is 0 Å². The van der Waals surface area contributed by atoms with Gasteiger partial charge in [0.2, 0.25) is 0 Å². The molecule has 1 aromatic carbocycles. The molecule has 1 aliphatic rings. The van der Waals surface area contributed by atoms with E-state index in [1.807, 2.05) is 0 Å². The van der Waals surface area contributed by atoms with Gasteiger partial charge in [-0.05, 0) is 31.4 Å². The molecule has 2 atom stereocenters. The molecule has 1 aromatic rings. The molecule has 1 aliphatic heterocycles. The van der Waals surface area contributed by atoms with E-state index in [2.05, 4.69) is 52.0 Å². The van der Waals surface area contributed by atoms with E-state index in [1.165, 1.54) is 29.3 Å². The Labute approximate surface area is 112 Å². The normalized spacial score (nSPS) is 26.1. The first-order valence-corrected chi connectivity index (χ1v) is 7.21. The van der Waals surface area contributed by atoms with Crippen molar-refractivity contribution in [3.63, 3.8) is 0 Å². The van der Waals surface area contributed by atoms with E-state index in [1.54, 1.807) is 0 Å². The Balaban J connectivity index is 2.12. The Morgan fingerprint density at radius 1 is 1.35 bits per heavy atom. The molecule has 0 radical (unpaired) electrons. The van der Waals surface area contributed by atoms with Crippen LogP contribution in [0.4, 0.5) is 0 Å². The minimum atomic E-state index is 0.547.